The van der Waals surface area contributed by atoms with E-state index in [4.69, 9.17) is 19.0 Å². The first-order valence-corrected chi connectivity index (χ1v) is 9.88. The van der Waals surface area contributed by atoms with E-state index in [9.17, 15) is 28.7 Å². The molecule has 2 heterocycles. The van der Waals surface area contributed by atoms with E-state index in [1.165, 1.54) is 0 Å². The second-order valence-corrected chi connectivity index (χ2v) is 7.83. The maximum Gasteiger partial charge on any atom is 0.472 e. The van der Waals surface area contributed by atoms with Crippen LogP contribution in [0.25, 0.3) is 0 Å². The highest BCUT2D eigenvalue weighted by molar-refractivity contribution is 7.47. The highest BCUT2D eigenvalue weighted by Gasteiger charge is 2.49. The van der Waals surface area contributed by atoms with E-state index in [-0.39, 0.29) is 0 Å². The third kappa shape index (κ3) is 5.18. The van der Waals surface area contributed by atoms with E-state index in [0.29, 0.717) is 0 Å². The topological polar surface area (TPSA) is 207 Å². The molecule has 1 aromatic heterocycles. The Bertz CT molecular complexity index is 845. The van der Waals surface area contributed by atoms with Gasteiger partial charge < -0.3 is 24.5 Å². The monoisotopic (exact) mass is 418 g/mol. The number of H-pyrrole nitrogens is 1. The third-order valence-electron chi connectivity index (χ3n) is 3.33. The molecule has 1 saturated heterocycles. The van der Waals surface area contributed by atoms with Gasteiger partial charge in [0.2, 0.25) is 0 Å². The number of aliphatic hydroxyl groups excluding tert-OH is 1. The van der Waals surface area contributed by atoms with Crippen molar-refractivity contribution in [1.82, 2.24) is 9.55 Å². The molecule has 2 rings (SSSR count). The molecule has 0 spiro atoms. The van der Waals surface area contributed by atoms with Crippen molar-refractivity contribution in [2.24, 2.45) is 0 Å². The molecule has 1 fully saturated rings. The van der Waals surface area contributed by atoms with Gasteiger partial charge in [-0.15, -0.1) is 0 Å². The Labute approximate surface area is 144 Å². The Morgan fingerprint density at radius 2 is 1.96 bits per heavy atom. The fourth-order valence-corrected chi connectivity index (χ4v) is 3.20. The zero-order chi connectivity index (χ0) is 19.7. The molecule has 26 heavy (non-hydrogen) atoms. The van der Waals surface area contributed by atoms with Crippen LogP contribution in [0.3, 0.4) is 0 Å². The number of ether oxygens (including phenoxy) is 1. The number of aliphatic hydroxyl groups is 1. The van der Waals surface area contributed by atoms with Gasteiger partial charge in [-0.3, -0.25) is 27.9 Å². The molecule has 0 aliphatic carbocycles. The van der Waals surface area contributed by atoms with Crippen LogP contribution in [0.4, 0.5) is 0 Å². The Morgan fingerprint density at radius 1 is 1.31 bits per heavy atom. The highest BCUT2D eigenvalue weighted by atomic mass is 31.2. The zero-order valence-corrected chi connectivity index (χ0v) is 14.9. The number of phosphoric acid groups is 2. The predicted octanol–water partition coefficient (Wildman–Crippen LogP) is -1.96. The molecule has 0 bridgehead atoms. The van der Waals surface area contributed by atoms with Crippen molar-refractivity contribution in [3.63, 3.8) is 0 Å². The second-order valence-electron chi connectivity index (χ2n) is 5.08. The molecule has 1 aromatic rings. The maximum atomic E-state index is 11.8. The van der Waals surface area contributed by atoms with Gasteiger partial charge >= 0.3 is 21.3 Å². The molecule has 0 amide bonds. The number of nitrogens with one attached hydrogen (secondary N) is 1. The molecular weight excluding hydrogens is 402 g/mol. The van der Waals surface area contributed by atoms with E-state index in [2.05, 4.69) is 9.05 Å². The maximum absolute atomic E-state index is 11.8. The Morgan fingerprint density at radius 3 is 2.50 bits per heavy atom. The lowest BCUT2D eigenvalue weighted by atomic mass is 10.1. The van der Waals surface area contributed by atoms with Crippen molar-refractivity contribution in [2.45, 2.75) is 24.5 Å². The van der Waals surface area contributed by atoms with E-state index in [1.54, 1.807) is 0 Å². The van der Waals surface area contributed by atoms with Gasteiger partial charge in [0.25, 0.3) is 5.56 Å². The van der Waals surface area contributed by atoms with E-state index < -0.39 is 58.0 Å². The summed E-state index contributed by atoms with van der Waals surface area (Å²) in [6.45, 7) is -0.843. The molecule has 0 saturated carbocycles. The second kappa shape index (κ2) is 7.82. The molecule has 0 radical (unpaired) electrons. The number of hydrogen-bond donors (Lipinski definition) is 5. The van der Waals surface area contributed by atoms with Crippen LogP contribution in [0, 0.1) is 0 Å². The lowest BCUT2D eigenvalue weighted by Crippen LogP contribution is -2.38. The molecule has 5 atom stereocenters. The number of phosphoric ester groups is 2. The standard InChI is InChI=1S/C10H16N2O12P2/c1-21-26(19,20)24-8-5(4-22-25(16,17)18)23-9(7(8)14)12-3-2-6(13)11-10(12)15/h2-3,5,7-9,14H,4H2,1H3,(H,19,20)(H,11,13,15)(H2,16,17,18)/t5-,7-,8-,9-/m1/s1. The lowest BCUT2D eigenvalue weighted by Gasteiger charge is -2.22. The molecule has 14 nitrogen and oxygen atoms in total. The van der Waals surface area contributed by atoms with Crippen LogP contribution >= 0.6 is 15.6 Å². The van der Waals surface area contributed by atoms with Crippen LogP contribution in [0.2, 0.25) is 0 Å². The third-order valence-corrected chi connectivity index (χ3v) is 4.78. The van der Waals surface area contributed by atoms with E-state index in [1.807, 2.05) is 4.98 Å². The van der Waals surface area contributed by atoms with Gasteiger partial charge in [-0.05, 0) is 0 Å². The van der Waals surface area contributed by atoms with Gasteiger partial charge in [0.05, 0.1) is 6.61 Å². The first kappa shape index (κ1) is 21.1. The molecule has 148 valence electrons. The Hall–Kier alpha value is -1.18. The molecular formula is C10H16N2O12P2. The first-order valence-electron chi connectivity index (χ1n) is 6.85. The summed E-state index contributed by atoms with van der Waals surface area (Å²) < 4.78 is 41.8. The van der Waals surface area contributed by atoms with Crippen LogP contribution in [0.15, 0.2) is 21.9 Å². The molecule has 1 aliphatic heterocycles. The van der Waals surface area contributed by atoms with Crippen molar-refractivity contribution >= 4 is 15.6 Å². The lowest BCUT2D eigenvalue weighted by molar-refractivity contribution is -0.0542. The van der Waals surface area contributed by atoms with Gasteiger partial charge in [-0.1, -0.05) is 0 Å². The van der Waals surface area contributed by atoms with Crippen LogP contribution in [0.1, 0.15) is 6.23 Å². The van der Waals surface area contributed by atoms with E-state index >= 15 is 0 Å². The van der Waals surface area contributed by atoms with Crippen molar-refractivity contribution in [3.05, 3.63) is 33.1 Å². The van der Waals surface area contributed by atoms with Crippen molar-refractivity contribution in [1.29, 1.82) is 0 Å². The minimum Gasteiger partial charge on any atom is -0.386 e. The molecule has 0 aromatic carbocycles. The number of nitrogens with zero attached hydrogens (tertiary/aromatic N) is 1. The average Bonchev–Trinajstić information content (AvgIpc) is 2.81. The van der Waals surface area contributed by atoms with Crippen LogP contribution in [-0.2, 0) is 27.4 Å². The van der Waals surface area contributed by atoms with E-state index in [0.717, 1.165) is 23.9 Å². The summed E-state index contributed by atoms with van der Waals surface area (Å²) in [5.74, 6) is 0. The summed E-state index contributed by atoms with van der Waals surface area (Å²) in [7, 11) is -8.71. The van der Waals surface area contributed by atoms with Crippen LogP contribution in [0.5, 0.6) is 0 Å². The first-order chi connectivity index (χ1) is 11.9. The highest BCUT2D eigenvalue weighted by Crippen LogP contribution is 2.48. The van der Waals surface area contributed by atoms with Crippen molar-refractivity contribution in [3.8, 4) is 0 Å². The Balaban J connectivity index is 2.32. The normalized spacial score (nSPS) is 28.8. The zero-order valence-electron chi connectivity index (χ0n) is 13.1. The number of aromatic nitrogens is 2. The van der Waals surface area contributed by atoms with Gasteiger partial charge in [0.15, 0.2) is 6.23 Å². The number of rotatable bonds is 7. The minimum atomic E-state index is -4.93. The fraction of sp³-hybridized carbons (Fsp3) is 0.600. The smallest absolute Gasteiger partial charge is 0.386 e. The number of aromatic amines is 1. The summed E-state index contributed by atoms with van der Waals surface area (Å²) >= 11 is 0. The summed E-state index contributed by atoms with van der Waals surface area (Å²) in [6.07, 6.45) is -5.38. The molecule has 1 aliphatic rings. The fourth-order valence-electron chi connectivity index (χ4n) is 2.21. The van der Waals surface area contributed by atoms with Gasteiger partial charge in [0, 0.05) is 19.4 Å². The average molecular weight is 418 g/mol. The van der Waals surface area contributed by atoms with Crippen molar-refractivity contribution < 1.29 is 47.2 Å². The molecule has 5 N–H and O–H groups in total. The quantitative estimate of drug-likeness (QED) is 0.306. The Kier molecular flexibility index (Phi) is 6.36. The summed E-state index contributed by atoms with van der Waals surface area (Å²) in [5.41, 5.74) is -1.68. The predicted molar refractivity (Wildman–Crippen MR) is 80.9 cm³/mol. The molecule has 1 unspecified atom stereocenters. The largest absolute Gasteiger partial charge is 0.472 e. The minimum absolute atomic E-state index is 0.716. The van der Waals surface area contributed by atoms with Gasteiger partial charge in [-0.25, -0.2) is 13.9 Å². The summed E-state index contributed by atoms with van der Waals surface area (Å²) in [5, 5.41) is 10.3. The molecule has 16 heteroatoms. The summed E-state index contributed by atoms with van der Waals surface area (Å²) in [6, 6.07) is 0.957. The van der Waals surface area contributed by atoms with Gasteiger partial charge in [0.1, 0.15) is 18.3 Å². The van der Waals surface area contributed by atoms with Gasteiger partial charge in [-0.2, -0.15) is 0 Å². The van der Waals surface area contributed by atoms with Crippen molar-refractivity contribution in [2.75, 3.05) is 13.7 Å². The summed E-state index contributed by atoms with van der Waals surface area (Å²) in [4.78, 5) is 51.8. The van der Waals surface area contributed by atoms with Crippen LogP contribution < -0.4 is 11.2 Å². The van der Waals surface area contributed by atoms with Crippen LogP contribution in [-0.4, -0.2) is 61.4 Å². The number of hydrogen-bond acceptors (Lipinski definition) is 9. The SMILES string of the molecule is COP(=O)(O)O[C@H]1[C@@H](O)[C@H](n2ccc(=O)[nH]c2=O)O[C@@H]1COP(=O)(O)O.